The Hall–Kier alpha value is -2.64. The summed E-state index contributed by atoms with van der Waals surface area (Å²) in [5.41, 5.74) is 1.37. The van der Waals surface area contributed by atoms with Gasteiger partial charge in [-0.05, 0) is 24.1 Å². The number of halogens is 1. The lowest BCUT2D eigenvalue weighted by atomic mass is 9.98. The summed E-state index contributed by atoms with van der Waals surface area (Å²) < 4.78 is 0. The average molecular weight is 327 g/mol. The maximum atomic E-state index is 12.1. The fourth-order valence-electron chi connectivity index (χ4n) is 2.10. The molecule has 2 aromatic rings. The lowest BCUT2D eigenvalue weighted by Gasteiger charge is -2.10. The highest BCUT2D eigenvalue weighted by molar-refractivity contribution is 6.33. The molecule has 0 radical (unpaired) electrons. The number of hydrogen-bond donors (Lipinski definition) is 1. The molecule has 0 aliphatic rings. The fourth-order valence-corrected chi connectivity index (χ4v) is 2.28. The number of nitrogens with one attached hydrogen (secondary N) is 1. The van der Waals surface area contributed by atoms with Crippen LogP contribution in [-0.2, 0) is 16.0 Å². The summed E-state index contributed by atoms with van der Waals surface area (Å²) >= 11 is 5.95. The van der Waals surface area contributed by atoms with Crippen molar-refractivity contribution in [2.75, 3.05) is 5.32 Å². The van der Waals surface area contributed by atoms with E-state index in [0.29, 0.717) is 17.1 Å². The summed E-state index contributed by atoms with van der Waals surface area (Å²) in [6, 6.07) is 17.9. The van der Waals surface area contributed by atoms with Gasteiger partial charge in [-0.1, -0.05) is 54.1 Å². The molecule has 5 heteroatoms. The Kier molecular flexibility index (Phi) is 5.90. The number of ketones is 1. The number of benzene rings is 2. The highest BCUT2D eigenvalue weighted by Gasteiger charge is 2.26. The Balaban J connectivity index is 1.98. The first-order valence-electron chi connectivity index (χ1n) is 7.13. The molecule has 2 aromatic carbocycles. The van der Waals surface area contributed by atoms with E-state index in [0.717, 1.165) is 5.56 Å². The Bertz CT molecular complexity index is 738. The highest BCUT2D eigenvalue weighted by Crippen LogP contribution is 2.21. The molecular weight excluding hydrogens is 312 g/mol. The van der Waals surface area contributed by atoms with Crippen molar-refractivity contribution in [1.82, 2.24) is 0 Å². The molecule has 23 heavy (non-hydrogen) atoms. The van der Waals surface area contributed by atoms with Crippen LogP contribution in [-0.4, -0.2) is 11.7 Å². The molecule has 1 unspecified atom stereocenters. The average Bonchev–Trinajstić information content (AvgIpc) is 2.57. The van der Waals surface area contributed by atoms with Gasteiger partial charge in [0.15, 0.2) is 11.7 Å². The van der Waals surface area contributed by atoms with Crippen molar-refractivity contribution in [2.24, 2.45) is 5.92 Å². The maximum Gasteiger partial charge on any atom is 0.249 e. The Morgan fingerprint density at radius 2 is 1.74 bits per heavy atom. The van der Waals surface area contributed by atoms with Crippen molar-refractivity contribution in [1.29, 1.82) is 5.26 Å². The molecule has 0 saturated heterocycles. The van der Waals surface area contributed by atoms with Crippen LogP contribution in [0.5, 0.6) is 0 Å². The second kappa shape index (κ2) is 8.11. The number of para-hydroxylation sites is 1. The highest BCUT2D eigenvalue weighted by atomic mass is 35.5. The van der Waals surface area contributed by atoms with Crippen molar-refractivity contribution in [3.8, 4) is 6.07 Å². The SMILES string of the molecule is N#CC(C(=O)CCc1ccccc1)C(=O)Nc1ccccc1Cl. The van der Waals surface area contributed by atoms with E-state index in [9.17, 15) is 9.59 Å². The van der Waals surface area contributed by atoms with Crippen LogP contribution in [0.3, 0.4) is 0 Å². The number of carbonyl (C=O) groups excluding carboxylic acids is 2. The van der Waals surface area contributed by atoms with Crippen LogP contribution in [0.2, 0.25) is 5.02 Å². The van der Waals surface area contributed by atoms with Crippen molar-refractivity contribution < 1.29 is 9.59 Å². The van der Waals surface area contributed by atoms with Crippen molar-refractivity contribution in [3.63, 3.8) is 0 Å². The smallest absolute Gasteiger partial charge is 0.249 e. The summed E-state index contributed by atoms with van der Waals surface area (Å²) in [4.78, 5) is 24.3. The maximum absolute atomic E-state index is 12.1. The molecule has 0 aliphatic carbocycles. The topological polar surface area (TPSA) is 70.0 Å². The Labute approximate surface area is 139 Å². The zero-order valence-electron chi connectivity index (χ0n) is 12.3. The van der Waals surface area contributed by atoms with Crippen molar-refractivity contribution >= 4 is 29.0 Å². The summed E-state index contributed by atoms with van der Waals surface area (Å²) in [5, 5.41) is 12.0. The molecule has 116 valence electrons. The van der Waals surface area contributed by atoms with E-state index in [4.69, 9.17) is 16.9 Å². The number of aryl methyl sites for hydroxylation is 1. The first-order chi connectivity index (χ1) is 11.1. The van der Waals surface area contributed by atoms with Gasteiger partial charge in [0.2, 0.25) is 5.91 Å². The van der Waals surface area contributed by atoms with Gasteiger partial charge in [-0.15, -0.1) is 0 Å². The summed E-state index contributed by atoms with van der Waals surface area (Å²) in [6.07, 6.45) is 0.634. The Morgan fingerprint density at radius 1 is 1.09 bits per heavy atom. The minimum absolute atomic E-state index is 0.137. The van der Waals surface area contributed by atoms with Gasteiger partial charge < -0.3 is 5.32 Å². The first-order valence-corrected chi connectivity index (χ1v) is 7.51. The van der Waals surface area contributed by atoms with Crippen molar-refractivity contribution in [2.45, 2.75) is 12.8 Å². The number of carbonyl (C=O) groups is 2. The summed E-state index contributed by atoms with van der Waals surface area (Å²) in [7, 11) is 0. The summed E-state index contributed by atoms with van der Waals surface area (Å²) in [5.74, 6) is -2.39. The quantitative estimate of drug-likeness (QED) is 0.824. The standard InChI is InChI=1S/C18H15ClN2O2/c19-15-8-4-5-9-16(15)21-18(23)14(12-20)17(22)11-10-13-6-2-1-3-7-13/h1-9,14H,10-11H2,(H,21,23). The minimum Gasteiger partial charge on any atom is -0.323 e. The number of nitrogens with zero attached hydrogens (tertiary/aromatic N) is 1. The molecular formula is C18H15ClN2O2. The monoisotopic (exact) mass is 326 g/mol. The molecule has 0 bridgehead atoms. The van der Waals surface area contributed by atoms with Crippen LogP contribution < -0.4 is 5.32 Å². The van der Waals surface area contributed by atoms with Gasteiger partial charge in [0.05, 0.1) is 16.8 Å². The number of amides is 1. The zero-order valence-corrected chi connectivity index (χ0v) is 13.1. The predicted octanol–water partition coefficient (Wildman–Crippen LogP) is 3.62. The van der Waals surface area contributed by atoms with Crippen molar-refractivity contribution in [3.05, 3.63) is 65.2 Å². The molecule has 0 aromatic heterocycles. The lowest BCUT2D eigenvalue weighted by Crippen LogP contribution is -2.28. The second-order valence-electron chi connectivity index (χ2n) is 4.98. The molecule has 0 spiro atoms. The van der Waals surface area contributed by atoms with Gasteiger partial charge in [-0.2, -0.15) is 5.26 Å². The number of rotatable bonds is 6. The number of Topliss-reactive ketones (excluding diaryl/α,β-unsaturated/α-hetero) is 1. The van der Waals surface area contributed by atoms with E-state index in [-0.39, 0.29) is 6.42 Å². The largest absolute Gasteiger partial charge is 0.323 e. The molecule has 1 N–H and O–H groups in total. The van der Waals surface area contributed by atoms with E-state index in [1.54, 1.807) is 30.3 Å². The van der Waals surface area contributed by atoms with E-state index < -0.39 is 17.6 Å². The Morgan fingerprint density at radius 3 is 2.39 bits per heavy atom. The molecule has 1 amide bonds. The first kappa shape index (κ1) is 16.7. The van der Waals surface area contributed by atoms with Crippen LogP contribution >= 0.6 is 11.6 Å². The van der Waals surface area contributed by atoms with Crippen LogP contribution in [0, 0.1) is 17.2 Å². The molecule has 0 heterocycles. The van der Waals surface area contributed by atoms with Crippen LogP contribution in [0.1, 0.15) is 12.0 Å². The second-order valence-corrected chi connectivity index (χ2v) is 5.39. The zero-order chi connectivity index (χ0) is 16.7. The van der Waals surface area contributed by atoms with Crippen LogP contribution in [0.4, 0.5) is 5.69 Å². The summed E-state index contributed by atoms with van der Waals surface area (Å²) in [6.45, 7) is 0. The normalized spacial score (nSPS) is 11.3. The number of nitriles is 1. The molecule has 2 rings (SSSR count). The van der Waals surface area contributed by atoms with E-state index in [1.165, 1.54) is 0 Å². The van der Waals surface area contributed by atoms with E-state index in [1.807, 2.05) is 30.3 Å². The van der Waals surface area contributed by atoms with Gasteiger partial charge in [0.1, 0.15) is 0 Å². The third-order valence-electron chi connectivity index (χ3n) is 3.35. The third-order valence-corrected chi connectivity index (χ3v) is 3.68. The minimum atomic E-state index is -1.34. The molecule has 4 nitrogen and oxygen atoms in total. The van der Waals surface area contributed by atoms with Crippen LogP contribution in [0.15, 0.2) is 54.6 Å². The van der Waals surface area contributed by atoms with Gasteiger partial charge in [-0.3, -0.25) is 9.59 Å². The van der Waals surface area contributed by atoms with E-state index in [2.05, 4.69) is 5.32 Å². The molecule has 0 fully saturated rings. The van der Waals surface area contributed by atoms with Gasteiger partial charge in [0, 0.05) is 6.42 Å². The molecule has 1 atom stereocenters. The van der Waals surface area contributed by atoms with Gasteiger partial charge >= 0.3 is 0 Å². The molecule has 0 aliphatic heterocycles. The molecule has 0 saturated carbocycles. The van der Waals surface area contributed by atoms with Crippen LogP contribution in [0.25, 0.3) is 0 Å². The number of hydrogen-bond acceptors (Lipinski definition) is 3. The number of anilines is 1. The van der Waals surface area contributed by atoms with Gasteiger partial charge in [-0.25, -0.2) is 0 Å². The predicted molar refractivity (Wildman–Crippen MR) is 89.0 cm³/mol. The fraction of sp³-hybridized carbons (Fsp3) is 0.167. The van der Waals surface area contributed by atoms with Gasteiger partial charge in [0.25, 0.3) is 0 Å². The van der Waals surface area contributed by atoms with E-state index >= 15 is 0 Å². The third kappa shape index (κ3) is 4.67. The lowest BCUT2D eigenvalue weighted by molar-refractivity contribution is -0.128.